The van der Waals surface area contributed by atoms with Crippen LogP contribution in [0.25, 0.3) is 16.4 Å². The molecule has 0 fully saturated rings. The highest BCUT2D eigenvalue weighted by molar-refractivity contribution is 7.98. The smallest absolute Gasteiger partial charge is 0.241 e. The Labute approximate surface area is 168 Å². The van der Waals surface area contributed by atoms with Crippen LogP contribution in [0.3, 0.4) is 0 Å². The van der Waals surface area contributed by atoms with Gasteiger partial charge in [-0.15, -0.1) is 10.2 Å². The molecule has 1 unspecified atom stereocenters. The minimum atomic E-state index is -3.75. The van der Waals surface area contributed by atoms with Crippen molar-refractivity contribution in [1.82, 2.24) is 19.3 Å². The van der Waals surface area contributed by atoms with Gasteiger partial charge in [-0.2, -0.15) is 11.8 Å². The molecule has 0 radical (unpaired) electrons. The molecule has 4 rings (SSSR count). The minimum Gasteiger partial charge on any atom is -0.285 e. The molecule has 0 saturated heterocycles. The normalized spacial score (nSPS) is 13.2. The molecule has 0 aliphatic carbocycles. The van der Waals surface area contributed by atoms with Gasteiger partial charge in [0.05, 0.1) is 10.9 Å². The van der Waals surface area contributed by atoms with E-state index in [9.17, 15) is 8.42 Å². The maximum atomic E-state index is 13.3. The highest BCUT2D eigenvalue weighted by atomic mass is 32.2. The van der Waals surface area contributed by atoms with Gasteiger partial charge in [0.15, 0.2) is 11.5 Å². The fourth-order valence-corrected chi connectivity index (χ4v) is 5.18. The number of sulfonamides is 1. The van der Waals surface area contributed by atoms with E-state index in [1.54, 1.807) is 23.9 Å². The zero-order valence-electron chi connectivity index (χ0n) is 15.3. The zero-order valence-corrected chi connectivity index (χ0v) is 17.0. The standard InChI is InChI=1S/C20H20N4O2S2/c1-27-14-12-17(20-22-21-19-11-4-5-13-24(19)20)23-28(25,26)18-10-6-8-15-7-2-3-9-16(15)18/h2-11,13,17,23H,12,14H2,1H3. The second kappa shape index (κ2) is 7.90. The Morgan fingerprint density at radius 3 is 2.68 bits per heavy atom. The van der Waals surface area contributed by atoms with Gasteiger partial charge in [0, 0.05) is 11.6 Å². The summed E-state index contributed by atoms with van der Waals surface area (Å²) in [4.78, 5) is 0.272. The Balaban J connectivity index is 1.75. The number of hydrogen-bond acceptors (Lipinski definition) is 5. The van der Waals surface area contributed by atoms with Crippen molar-refractivity contribution in [3.8, 4) is 0 Å². The lowest BCUT2D eigenvalue weighted by atomic mass is 10.1. The molecule has 4 aromatic rings. The summed E-state index contributed by atoms with van der Waals surface area (Å²) in [6.07, 6.45) is 4.46. The number of thioether (sulfide) groups is 1. The maximum absolute atomic E-state index is 13.3. The molecule has 2 heterocycles. The average molecular weight is 413 g/mol. The molecule has 0 aliphatic heterocycles. The maximum Gasteiger partial charge on any atom is 0.241 e. The summed E-state index contributed by atoms with van der Waals surface area (Å²) in [6.45, 7) is 0. The van der Waals surface area contributed by atoms with Crippen LogP contribution in [0.1, 0.15) is 18.3 Å². The average Bonchev–Trinajstić information content (AvgIpc) is 3.15. The first kappa shape index (κ1) is 18.9. The molecule has 8 heteroatoms. The number of benzene rings is 2. The number of nitrogens with zero attached hydrogens (tertiary/aromatic N) is 3. The van der Waals surface area contributed by atoms with Gasteiger partial charge in [-0.05, 0) is 42.0 Å². The predicted octanol–water partition coefficient (Wildman–Crippen LogP) is 3.66. The van der Waals surface area contributed by atoms with Crippen molar-refractivity contribution in [2.24, 2.45) is 0 Å². The van der Waals surface area contributed by atoms with E-state index in [2.05, 4.69) is 14.9 Å². The Kier molecular flexibility index (Phi) is 5.34. The van der Waals surface area contributed by atoms with Gasteiger partial charge in [-0.3, -0.25) is 4.40 Å². The summed E-state index contributed by atoms with van der Waals surface area (Å²) in [5.74, 6) is 1.39. The summed E-state index contributed by atoms with van der Waals surface area (Å²) in [7, 11) is -3.75. The van der Waals surface area contributed by atoms with Gasteiger partial charge in [-0.1, -0.05) is 42.5 Å². The Morgan fingerprint density at radius 2 is 1.82 bits per heavy atom. The molecule has 144 valence electrons. The largest absolute Gasteiger partial charge is 0.285 e. The van der Waals surface area contributed by atoms with Gasteiger partial charge in [-0.25, -0.2) is 13.1 Å². The van der Waals surface area contributed by atoms with E-state index in [4.69, 9.17) is 0 Å². The van der Waals surface area contributed by atoms with E-state index < -0.39 is 16.1 Å². The van der Waals surface area contributed by atoms with Crippen LogP contribution in [0.4, 0.5) is 0 Å². The molecule has 2 aromatic carbocycles. The van der Waals surface area contributed by atoms with Crippen molar-refractivity contribution < 1.29 is 8.42 Å². The highest BCUT2D eigenvalue weighted by Crippen LogP contribution is 2.26. The Morgan fingerprint density at radius 1 is 1.04 bits per heavy atom. The van der Waals surface area contributed by atoms with Crippen molar-refractivity contribution in [3.63, 3.8) is 0 Å². The summed E-state index contributed by atoms with van der Waals surface area (Å²) in [6, 6.07) is 17.9. The predicted molar refractivity (Wildman–Crippen MR) is 113 cm³/mol. The van der Waals surface area contributed by atoms with Gasteiger partial charge in [0.25, 0.3) is 0 Å². The second-order valence-electron chi connectivity index (χ2n) is 6.42. The molecule has 2 aromatic heterocycles. The van der Waals surface area contributed by atoms with Crippen LogP contribution in [0.5, 0.6) is 0 Å². The fraction of sp³-hybridized carbons (Fsp3) is 0.200. The van der Waals surface area contributed by atoms with Crippen LogP contribution < -0.4 is 4.72 Å². The third-order valence-corrected chi connectivity index (χ3v) is 6.77. The summed E-state index contributed by atoms with van der Waals surface area (Å²) >= 11 is 1.66. The summed E-state index contributed by atoms with van der Waals surface area (Å²) in [5, 5.41) is 10.0. The third-order valence-electron chi connectivity index (χ3n) is 4.60. The fourth-order valence-electron chi connectivity index (χ4n) is 3.25. The van der Waals surface area contributed by atoms with Gasteiger partial charge in [0.2, 0.25) is 10.0 Å². The molecular weight excluding hydrogens is 392 g/mol. The van der Waals surface area contributed by atoms with Crippen LogP contribution in [0, 0.1) is 0 Å². The lowest BCUT2D eigenvalue weighted by molar-refractivity contribution is 0.537. The van der Waals surface area contributed by atoms with E-state index in [-0.39, 0.29) is 4.90 Å². The minimum absolute atomic E-state index is 0.272. The van der Waals surface area contributed by atoms with Crippen LogP contribution >= 0.6 is 11.8 Å². The van der Waals surface area contributed by atoms with Crippen molar-refractivity contribution in [2.75, 3.05) is 12.0 Å². The van der Waals surface area contributed by atoms with Crippen LogP contribution in [-0.2, 0) is 10.0 Å². The zero-order chi connectivity index (χ0) is 19.6. The van der Waals surface area contributed by atoms with Crippen LogP contribution in [0.15, 0.2) is 71.8 Å². The molecule has 0 bridgehead atoms. The molecular formula is C20H20N4O2S2. The first-order valence-corrected chi connectivity index (χ1v) is 11.8. The van der Waals surface area contributed by atoms with E-state index in [0.717, 1.165) is 11.1 Å². The van der Waals surface area contributed by atoms with Crippen LogP contribution in [-0.4, -0.2) is 35.0 Å². The molecule has 28 heavy (non-hydrogen) atoms. The third kappa shape index (κ3) is 3.63. The van der Waals surface area contributed by atoms with Crippen molar-refractivity contribution in [2.45, 2.75) is 17.4 Å². The first-order valence-electron chi connectivity index (χ1n) is 8.89. The topological polar surface area (TPSA) is 76.4 Å². The lowest BCUT2D eigenvalue weighted by Crippen LogP contribution is -2.30. The number of rotatable bonds is 7. The molecule has 6 nitrogen and oxygen atoms in total. The van der Waals surface area contributed by atoms with Gasteiger partial charge >= 0.3 is 0 Å². The Hall–Kier alpha value is -2.42. The number of nitrogens with one attached hydrogen (secondary N) is 1. The van der Waals surface area contributed by atoms with E-state index in [1.807, 2.05) is 65.4 Å². The van der Waals surface area contributed by atoms with Crippen molar-refractivity contribution in [1.29, 1.82) is 0 Å². The summed E-state index contributed by atoms with van der Waals surface area (Å²) in [5.41, 5.74) is 0.691. The number of pyridine rings is 1. The molecule has 1 N–H and O–H groups in total. The molecule has 0 amide bonds. The van der Waals surface area contributed by atoms with Gasteiger partial charge in [0.1, 0.15) is 0 Å². The molecule has 1 atom stereocenters. The quantitative estimate of drug-likeness (QED) is 0.501. The summed E-state index contributed by atoms with van der Waals surface area (Å²) < 4.78 is 31.2. The SMILES string of the molecule is CSCCC(NS(=O)(=O)c1cccc2ccccc12)c1nnc2ccccn12. The molecule has 0 aliphatic rings. The molecule has 0 saturated carbocycles. The monoisotopic (exact) mass is 412 g/mol. The van der Waals surface area contributed by atoms with Gasteiger partial charge < -0.3 is 0 Å². The van der Waals surface area contributed by atoms with Crippen molar-refractivity contribution in [3.05, 3.63) is 72.7 Å². The molecule has 0 spiro atoms. The number of aromatic nitrogens is 3. The number of hydrogen-bond donors (Lipinski definition) is 1. The highest BCUT2D eigenvalue weighted by Gasteiger charge is 2.26. The van der Waals surface area contributed by atoms with E-state index in [0.29, 0.717) is 23.3 Å². The van der Waals surface area contributed by atoms with Crippen molar-refractivity contribution >= 4 is 38.2 Å². The lowest BCUT2D eigenvalue weighted by Gasteiger charge is -2.18. The Bertz CT molecular complexity index is 1220. The van der Waals surface area contributed by atoms with E-state index in [1.165, 1.54) is 0 Å². The number of fused-ring (bicyclic) bond motifs is 2. The first-order chi connectivity index (χ1) is 13.6. The second-order valence-corrected chi connectivity index (χ2v) is 9.09. The van der Waals surface area contributed by atoms with E-state index >= 15 is 0 Å². The van der Waals surface area contributed by atoms with Crippen LogP contribution in [0.2, 0.25) is 0 Å².